The molecule has 0 nitrogen and oxygen atoms in total. The van der Waals surface area contributed by atoms with E-state index in [2.05, 4.69) is 127 Å². The van der Waals surface area contributed by atoms with Crippen molar-refractivity contribution in [2.45, 2.75) is 0 Å². The normalized spacial score (nSPS) is 13.0. The van der Waals surface area contributed by atoms with Gasteiger partial charge in [0.15, 0.2) is 0 Å². The van der Waals surface area contributed by atoms with Crippen LogP contribution in [-0.2, 0) is 0 Å². The van der Waals surface area contributed by atoms with Crippen LogP contribution in [-0.4, -0.2) is 0 Å². The molecule has 0 aliphatic rings. The van der Waals surface area contributed by atoms with Crippen LogP contribution in [0, 0.1) is 0 Å². The van der Waals surface area contributed by atoms with Crippen LogP contribution in [0.1, 0.15) is 6.85 Å². The second-order valence-electron chi connectivity index (χ2n) is 12.9. The minimum absolute atomic E-state index is 0.207. The summed E-state index contributed by atoms with van der Waals surface area (Å²) in [6.45, 7) is 0. The van der Waals surface area contributed by atoms with Gasteiger partial charge in [-0.05, 0) is 117 Å². The summed E-state index contributed by atoms with van der Waals surface area (Å²) in [6.07, 6.45) is 0. The van der Waals surface area contributed by atoms with Crippen molar-refractivity contribution in [1.29, 1.82) is 0 Å². The third kappa shape index (κ3) is 4.54. The molecule has 0 heterocycles. The monoisotopic (exact) mass is 637 g/mol. The zero-order valence-electron chi connectivity index (χ0n) is 32.1. The van der Waals surface area contributed by atoms with Gasteiger partial charge in [0.25, 0.3) is 0 Å². The molecule has 0 N–H and O–H groups in total. The van der Waals surface area contributed by atoms with Gasteiger partial charge in [-0.15, -0.1) is 0 Å². The van der Waals surface area contributed by atoms with Crippen LogP contribution >= 0.6 is 0 Å². The molecular formula is C50H32. The van der Waals surface area contributed by atoms with Crippen LogP contribution in [0.5, 0.6) is 0 Å². The maximum Gasteiger partial charge on any atom is 0.0629 e. The van der Waals surface area contributed by atoms with Crippen LogP contribution in [0.4, 0.5) is 0 Å². The molecule has 0 aliphatic carbocycles. The third-order valence-corrected chi connectivity index (χ3v) is 10.1. The van der Waals surface area contributed by atoms with E-state index in [0.29, 0.717) is 5.56 Å². The van der Waals surface area contributed by atoms with Gasteiger partial charge in [-0.3, -0.25) is 0 Å². The zero-order chi connectivity index (χ0) is 37.4. The highest BCUT2D eigenvalue weighted by molar-refractivity contribution is 6.24. The molecule has 50 heavy (non-hydrogen) atoms. The highest BCUT2D eigenvalue weighted by atomic mass is 14.2. The molecule has 0 radical (unpaired) electrons. The number of benzene rings is 10. The van der Waals surface area contributed by atoms with Crippen molar-refractivity contribution >= 4 is 53.9 Å². The average molecular weight is 638 g/mol. The van der Waals surface area contributed by atoms with Gasteiger partial charge in [0.1, 0.15) is 0 Å². The molecule has 0 saturated carbocycles. The summed E-state index contributed by atoms with van der Waals surface area (Å²) in [4.78, 5) is 0. The smallest absolute Gasteiger partial charge is 0.0622 e. The lowest BCUT2D eigenvalue weighted by Crippen LogP contribution is -1.92. The Morgan fingerprint density at radius 1 is 0.280 bits per heavy atom. The Morgan fingerprint density at radius 2 is 0.760 bits per heavy atom. The SMILES string of the molecule is [2H]c1c([2H])c([2H])c(-c2c3ccccc3c(-c3cc(-c4ccc(-c5cc6ccccc6c6ccccc56)cc4)cc4ccccc34)c3ccccc23)c([2H])c1[2H]. The van der Waals surface area contributed by atoms with Gasteiger partial charge in [-0.1, -0.05) is 176 Å². The zero-order valence-corrected chi connectivity index (χ0v) is 27.1. The van der Waals surface area contributed by atoms with Crippen LogP contribution < -0.4 is 0 Å². The minimum Gasteiger partial charge on any atom is -0.0622 e. The van der Waals surface area contributed by atoms with Crippen LogP contribution in [0.15, 0.2) is 194 Å². The van der Waals surface area contributed by atoms with Gasteiger partial charge in [0.2, 0.25) is 0 Å². The Kier molecular flexibility index (Phi) is 5.50. The van der Waals surface area contributed by atoms with Crippen molar-refractivity contribution in [2.75, 3.05) is 0 Å². The van der Waals surface area contributed by atoms with Crippen LogP contribution in [0.25, 0.3) is 98.4 Å². The second-order valence-corrected chi connectivity index (χ2v) is 12.9. The molecule has 0 amide bonds. The summed E-state index contributed by atoms with van der Waals surface area (Å²) in [5.74, 6) is 0. The third-order valence-electron chi connectivity index (χ3n) is 10.1. The molecule has 10 aromatic rings. The van der Waals surface area contributed by atoms with Crippen molar-refractivity contribution in [3.05, 3.63) is 194 Å². The topological polar surface area (TPSA) is 0 Å². The van der Waals surface area contributed by atoms with Crippen LogP contribution in [0.3, 0.4) is 0 Å². The Bertz CT molecular complexity index is 3110. The van der Waals surface area contributed by atoms with E-state index >= 15 is 0 Å². The fourth-order valence-corrected chi connectivity index (χ4v) is 7.88. The Labute approximate surface area is 298 Å². The molecule has 0 aromatic heterocycles. The molecule has 0 unspecified atom stereocenters. The van der Waals surface area contributed by atoms with E-state index in [4.69, 9.17) is 6.85 Å². The van der Waals surface area contributed by atoms with Crippen molar-refractivity contribution < 1.29 is 6.85 Å². The summed E-state index contributed by atoms with van der Waals surface area (Å²) >= 11 is 0. The minimum atomic E-state index is -0.397. The molecule has 232 valence electrons. The average Bonchev–Trinajstić information content (AvgIpc) is 3.24. The van der Waals surface area contributed by atoms with Crippen molar-refractivity contribution in [1.82, 2.24) is 0 Å². The molecule has 10 aromatic carbocycles. The predicted octanol–water partition coefficient (Wildman–Crippen LogP) is 14.1. The molecule has 0 aliphatic heterocycles. The number of hydrogen-bond donors (Lipinski definition) is 0. The number of fused-ring (bicyclic) bond motifs is 6. The Morgan fingerprint density at radius 3 is 1.40 bits per heavy atom. The maximum atomic E-state index is 8.94. The van der Waals surface area contributed by atoms with Crippen molar-refractivity contribution in [3.8, 4) is 44.5 Å². The molecule has 0 bridgehead atoms. The molecular weight excluding hydrogens is 601 g/mol. The van der Waals surface area contributed by atoms with E-state index in [9.17, 15) is 0 Å². The van der Waals surface area contributed by atoms with E-state index in [0.717, 1.165) is 60.1 Å². The summed E-state index contributed by atoms with van der Waals surface area (Å²) in [5, 5.41) is 10.7. The molecule has 10 rings (SSSR count). The van der Waals surface area contributed by atoms with Gasteiger partial charge < -0.3 is 0 Å². The van der Waals surface area contributed by atoms with Crippen molar-refractivity contribution in [3.63, 3.8) is 0 Å². The Balaban J connectivity index is 1.20. The molecule has 0 spiro atoms. The summed E-state index contributed by atoms with van der Waals surface area (Å²) in [6, 6.07) is 56.0. The highest BCUT2D eigenvalue weighted by Crippen LogP contribution is 2.46. The molecule has 0 saturated heterocycles. The van der Waals surface area contributed by atoms with Gasteiger partial charge in [-0.2, -0.15) is 0 Å². The molecule has 0 fully saturated rings. The van der Waals surface area contributed by atoms with Gasteiger partial charge >= 0.3 is 0 Å². The quantitative estimate of drug-likeness (QED) is 0.133. The van der Waals surface area contributed by atoms with Crippen molar-refractivity contribution in [2.24, 2.45) is 0 Å². The molecule has 0 heteroatoms. The van der Waals surface area contributed by atoms with E-state index in [1.165, 1.54) is 27.1 Å². The fourth-order valence-electron chi connectivity index (χ4n) is 7.88. The molecule has 0 atom stereocenters. The number of rotatable bonds is 4. The largest absolute Gasteiger partial charge is 0.0629 e. The van der Waals surface area contributed by atoms with E-state index in [1.54, 1.807) is 0 Å². The maximum absolute atomic E-state index is 8.94. The van der Waals surface area contributed by atoms with Crippen LogP contribution in [0.2, 0.25) is 0 Å². The van der Waals surface area contributed by atoms with Gasteiger partial charge in [0.05, 0.1) is 6.85 Å². The lowest BCUT2D eigenvalue weighted by molar-refractivity contribution is 1.62. The first-order valence-electron chi connectivity index (χ1n) is 19.4. The fraction of sp³-hybridized carbons (Fsp3) is 0. The van der Waals surface area contributed by atoms with E-state index in [1.807, 2.05) is 36.4 Å². The first-order valence-corrected chi connectivity index (χ1v) is 16.9. The van der Waals surface area contributed by atoms with E-state index in [-0.39, 0.29) is 29.7 Å². The lowest BCUT2D eigenvalue weighted by atomic mass is 9.83. The number of hydrogen-bond acceptors (Lipinski definition) is 0. The van der Waals surface area contributed by atoms with Gasteiger partial charge in [-0.25, -0.2) is 0 Å². The first kappa shape index (κ1) is 23.8. The highest BCUT2D eigenvalue weighted by Gasteiger charge is 2.19. The lowest BCUT2D eigenvalue weighted by Gasteiger charge is -2.19. The summed E-state index contributed by atoms with van der Waals surface area (Å²) < 4.78 is 43.1. The summed E-state index contributed by atoms with van der Waals surface area (Å²) in [7, 11) is 0. The summed E-state index contributed by atoms with van der Waals surface area (Å²) in [5.41, 5.74) is 7.52. The first-order chi connectivity index (χ1) is 26.9. The Hall–Kier alpha value is -6.50. The second kappa shape index (κ2) is 11.6. The predicted molar refractivity (Wildman–Crippen MR) is 216 cm³/mol. The van der Waals surface area contributed by atoms with Gasteiger partial charge in [0, 0.05) is 0 Å². The van der Waals surface area contributed by atoms with E-state index < -0.39 is 6.04 Å². The standard InChI is InChI=1S/C50H32/c1-2-14-35(15-3-1)49-43-22-10-12-24-45(43)50(46-25-13-11-23-44(46)49)48-32-38(30-36-16-4-7-19-40(36)48)33-26-28-34(29-27-33)47-31-37-17-5-6-18-39(37)41-20-8-9-21-42(41)47/h1-32H/i1D,2D,3D,14D,15D.